The second kappa shape index (κ2) is 10.8. The monoisotopic (exact) mass is 477 g/mol. The van der Waals surface area contributed by atoms with Crippen molar-refractivity contribution in [2.24, 2.45) is 5.73 Å². The predicted octanol–water partition coefficient (Wildman–Crippen LogP) is 2.04. The van der Waals surface area contributed by atoms with Crippen molar-refractivity contribution < 1.29 is 19.4 Å². The van der Waals surface area contributed by atoms with Crippen LogP contribution in [-0.2, 0) is 4.79 Å². The minimum Gasteiger partial charge on any atom is -0.493 e. The highest BCUT2D eigenvalue weighted by Gasteiger charge is 2.29. The summed E-state index contributed by atoms with van der Waals surface area (Å²) in [5, 5.41) is 10.4. The first-order valence-corrected chi connectivity index (χ1v) is 10.7. The highest BCUT2D eigenvalue weighted by Crippen LogP contribution is 2.26. The van der Waals surface area contributed by atoms with E-state index in [9.17, 15) is 9.90 Å². The summed E-state index contributed by atoms with van der Waals surface area (Å²) in [4.78, 5) is 16.4. The van der Waals surface area contributed by atoms with Crippen molar-refractivity contribution in [2.75, 3.05) is 46.4 Å². The standard InChI is InChI=1S/C22H28BrN3O4/c1-29-19-4-2-3-5-20(19)30-15-18(27)14-25-10-12-26(13-11-25)21(22(24)28)16-6-8-17(23)9-7-16/h2-9,18,21,27H,10-15H2,1H3,(H2,24,28). The highest BCUT2D eigenvalue weighted by atomic mass is 79.9. The molecule has 3 N–H and O–H groups in total. The first kappa shape index (κ1) is 22.6. The summed E-state index contributed by atoms with van der Waals surface area (Å²) in [5.74, 6) is 0.905. The number of amides is 1. The van der Waals surface area contributed by atoms with Gasteiger partial charge in [0.2, 0.25) is 5.91 Å². The summed E-state index contributed by atoms with van der Waals surface area (Å²) in [5.41, 5.74) is 6.59. The van der Waals surface area contributed by atoms with Gasteiger partial charge in [0.15, 0.2) is 11.5 Å². The molecular formula is C22H28BrN3O4. The van der Waals surface area contributed by atoms with E-state index in [0.29, 0.717) is 31.1 Å². The molecule has 0 aliphatic carbocycles. The average molecular weight is 478 g/mol. The number of ether oxygens (including phenoxy) is 2. The smallest absolute Gasteiger partial charge is 0.239 e. The van der Waals surface area contributed by atoms with Crippen LogP contribution in [0.4, 0.5) is 0 Å². The van der Waals surface area contributed by atoms with Crippen LogP contribution in [0.2, 0.25) is 0 Å². The largest absolute Gasteiger partial charge is 0.493 e. The molecule has 7 nitrogen and oxygen atoms in total. The SMILES string of the molecule is COc1ccccc1OCC(O)CN1CCN(C(C(N)=O)c2ccc(Br)cc2)CC1. The zero-order chi connectivity index (χ0) is 21.5. The van der Waals surface area contributed by atoms with Crippen LogP contribution in [0.5, 0.6) is 11.5 Å². The fraction of sp³-hybridized carbons (Fsp3) is 0.409. The zero-order valence-electron chi connectivity index (χ0n) is 17.0. The number of methoxy groups -OCH3 is 1. The lowest BCUT2D eigenvalue weighted by Crippen LogP contribution is -2.52. The Hall–Kier alpha value is -2.13. The quantitative estimate of drug-likeness (QED) is 0.574. The number of primary amides is 1. The second-order valence-electron chi connectivity index (χ2n) is 7.31. The van der Waals surface area contributed by atoms with E-state index < -0.39 is 12.1 Å². The number of hydrogen-bond acceptors (Lipinski definition) is 6. The lowest BCUT2D eigenvalue weighted by atomic mass is 10.0. The molecule has 1 heterocycles. The van der Waals surface area contributed by atoms with Gasteiger partial charge in [-0.1, -0.05) is 40.2 Å². The highest BCUT2D eigenvalue weighted by molar-refractivity contribution is 9.10. The molecule has 1 aliphatic rings. The maximum atomic E-state index is 12.1. The summed E-state index contributed by atoms with van der Waals surface area (Å²) >= 11 is 3.42. The number of aliphatic hydroxyl groups is 1. The second-order valence-corrected chi connectivity index (χ2v) is 8.22. The molecule has 8 heteroatoms. The van der Waals surface area contributed by atoms with Gasteiger partial charge >= 0.3 is 0 Å². The molecule has 0 saturated carbocycles. The van der Waals surface area contributed by atoms with Gasteiger partial charge in [-0.05, 0) is 29.8 Å². The zero-order valence-corrected chi connectivity index (χ0v) is 18.6. The summed E-state index contributed by atoms with van der Waals surface area (Å²) < 4.78 is 11.9. The minimum atomic E-state index is -0.625. The Bertz CT molecular complexity index is 825. The molecule has 2 atom stereocenters. The van der Waals surface area contributed by atoms with Crippen LogP contribution in [0.3, 0.4) is 0 Å². The number of rotatable bonds is 9. The Morgan fingerprint density at radius 2 is 1.73 bits per heavy atom. The summed E-state index contributed by atoms with van der Waals surface area (Å²) in [6.45, 7) is 3.57. The van der Waals surface area contributed by atoms with Gasteiger partial charge in [-0.2, -0.15) is 0 Å². The molecule has 0 bridgehead atoms. The molecular weight excluding hydrogens is 450 g/mol. The summed E-state index contributed by atoms with van der Waals surface area (Å²) in [7, 11) is 1.59. The number of aliphatic hydroxyl groups excluding tert-OH is 1. The van der Waals surface area contributed by atoms with E-state index in [1.807, 2.05) is 48.5 Å². The van der Waals surface area contributed by atoms with Gasteiger partial charge in [-0.25, -0.2) is 0 Å². The molecule has 30 heavy (non-hydrogen) atoms. The third-order valence-electron chi connectivity index (χ3n) is 5.20. The van der Waals surface area contributed by atoms with Gasteiger partial charge in [0.1, 0.15) is 18.8 Å². The molecule has 1 aliphatic heterocycles. The molecule has 1 amide bonds. The van der Waals surface area contributed by atoms with Crippen molar-refractivity contribution in [3.63, 3.8) is 0 Å². The number of nitrogens with two attached hydrogens (primary N) is 1. The first-order valence-electron chi connectivity index (χ1n) is 9.93. The number of nitrogens with zero attached hydrogens (tertiary/aromatic N) is 2. The van der Waals surface area contributed by atoms with Crippen LogP contribution in [0.1, 0.15) is 11.6 Å². The molecule has 1 fully saturated rings. The third kappa shape index (κ3) is 5.95. The van der Waals surface area contributed by atoms with E-state index in [1.54, 1.807) is 7.11 Å². The van der Waals surface area contributed by atoms with Gasteiger partial charge in [-0.3, -0.25) is 14.6 Å². The number of carbonyl (C=O) groups is 1. The van der Waals surface area contributed by atoms with Crippen LogP contribution in [0.15, 0.2) is 53.0 Å². The molecule has 3 rings (SSSR count). The molecule has 162 valence electrons. The van der Waals surface area contributed by atoms with E-state index in [2.05, 4.69) is 25.7 Å². The molecule has 0 radical (unpaired) electrons. The summed E-state index contributed by atoms with van der Waals surface area (Å²) in [6, 6.07) is 14.6. The van der Waals surface area contributed by atoms with Crippen molar-refractivity contribution >= 4 is 21.8 Å². The van der Waals surface area contributed by atoms with Crippen molar-refractivity contribution in [3.8, 4) is 11.5 Å². The van der Waals surface area contributed by atoms with Crippen molar-refractivity contribution in [1.29, 1.82) is 0 Å². The molecule has 2 aromatic rings. The van der Waals surface area contributed by atoms with Crippen LogP contribution < -0.4 is 15.2 Å². The average Bonchev–Trinajstić information content (AvgIpc) is 2.75. The first-order chi connectivity index (χ1) is 14.5. The van der Waals surface area contributed by atoms with Gasteiger partial charge in [0.05, 0.1) is 7.11 Å². The van der Waals surface area contributed by atoms with E-state index in [4.69, 9.17) is 15.2 Å². The van der Waals surface area contributed by atoms with Gasteiger partial charge in [0.25, 0.3) is 0 Å². The Balaban J connectivity index is 1.49. The Kier molecular flexibility index (Phi) is 8.09. The van der Waals surface area contributed by atoms with Crippen molar-refractivity contribution in [2.45, 2.75) is 12.1 Å². The van der Waals surface area contributed by atoms with Crippen LogP contribution in [-0.4, -0.2) is 73.4 Å². The maximum Gasteiger partial charge on any atom is 0.239 e. The van der Waals surface area contributed by atoms with E-state index >= 15 is 0 Å². The number of carbonyl (C=O) groups excluding carboxylic acids is 1. The predicted molar refractivity (Wildman–Crippen MR) is 119 cm³/mol. The molecule has 1 saturated heterocycles. The summed E-state index contributed by atoms with van der Waals surface area (Å²) in [6.07, 6.45) is -0.625. The molecule has 0 aromatic heterocycles. The molecule has 2 aromatic carbocycles. The number of hydrogen-bond donors (Lipinski definition) is 2. The molecule has 0 spiro atoms. The fourth-order valence-electron chi connectivity index (χ4n) is 3.68. The minimum absolute atomic E-state index is 0.184. The fourth-order valence-corrected chi connectivity index (χ4v) is 3.94. The van der Waals surface area contributed by atoms with Gasteiger partial charge in [0, 0.05) is 37.2 Å². The number of β-amino-alcohol motifs (C(OH)–C–C–N with tert-alkyl or cyclic N) is 1. The Morgan fingerprint density at radius 3 is 2.33 bits per heavy atom. The Morgan fingerprint density at radius 1 is 1.10 bits per heavy atom. The van der Waals surface area contributed by atoms with E-state index in [1.165, 1.54) is 0 Å². The van der Waals surface area contributed by atoms with Crippen LogP contribution in [0.25, 0.3) is 0 Å². The molecule has 2 unspecified atom stereocenters. The van der Waals surface area contributed by atoms with Crippen LogP contribution in [0, 0.1) is 0 Å². The number of halogens is 1. The van der Waals surface area contributed by atoms with Gasteiger partial charge in [-0.15, -0.1) is 0 Å². The number of para-hydroxylation sites is 2. The lowest BCUT2D eigenvalue weighted by Gasteiger charge is -2.38. The Labute approximate surface area is 185 Å². The van der Waals surface area contributed by atoms with Gasteiger partial charge < -0.3 is 20.3 Å². The lowest BCUT2D eigenvalue weighted by molar-refractivity contribution is -0.124. The van der Waals surface area contributed by atoms with Crippen molar-refractivity contribution in [3.05, 3.63) is 58.6 Å². The van der Waals surface area contributed by atoms with Crippen LogP contribution >= 0.6 is 15.9 Å². The third-order valence-corrected chi connectivity index (χ3v) is 5.73. The number of benzene rings is 2. The van der Waals surface area contributed by atoms with E-state index in [0.717, 1.165) is 23.1 Å². The topological polar surface area (TPSA) is 88.3 Å². The number of piperazine rings is 1. The maximum absolute atomic E-state index is 12.1. The normalized spacial score (nSPS) is 17.3. The van der Waals surface area contributed by atoms with E-state index in [-0.39, 0.29) is 12.5 Å². The van der Waals surface area contributed by atoms with Crippen molar-refractivity contribution in [1.82, 2.24) is 9.80 Å².